The van der Waals surface area contributed by atoms with Crippen LogP contribution >= 0.6 is 0 Å². The van der Waals surface area contributed by atoms with Gasteiger partial charge in [0, 0.05) is 0 Å². The molecule has 8 aromatic rings. The van der Waals surface area contributed by atoms with Crippen LogP contribution < -0.4 is 0 Å². The lowest BCUT2D eigenvalue weighted by atomic mass is 9.83. The Morgan fingerprint density at radius 3 is 1.12 bits per heavy atom. The summed E-state index contributed by atoms with van der Waals surface area (Å²) in [6.07, 6.45) is 0. The van der Waals surface area contributed by atoms with Gasteiger partial charge in [-0.3, -0.25) is 0 Å². The lowest BCUT2D eigenvalue weighted by Crippen LogP contribution is -1.98. The van der Waals surface area contributed by atoms with E-state index >= 15 is 0 Å². The van der Waals surface area contributed by atoms with Gasteiger partial charge >= 0.3 is 0 Å². The zero-order valence-corrected chi connectivity index (χ0v) is 26.3. The summed E-state index contributed by atoms with van der Waals surface area (Å²) in [5.41, 5.74) is 12.3. The molecule has 8 rings (SSSR count). The van der Waals surface area contributed by atoms with Crippen molar-refractivity contribution in [1.29, 1.82) is 5.26 Å². The molecule has 0 spiro atoms. The average molecular weight is 610 g/mol. The Labute approximate surface area is 281 Å². The predicted octanol–water partition coefficient (Wildman–Crippen LogP) is 12.2. The Balaban J connectivity index is 1.44. The summed E-state index contributed by atoms with van der Waals surface area (Å²) in [5.74, 6) is 0. The van der Waals surface area contributed by atoms with Crippen molar-refractivity contribution in [3.63, 3.8) is 0 Å². The van der Waals surface area contributed by atoms with Crippen LogP contribution in [0.25, 0.3) is 54.9 Å². The van der Waals surface area contributed by atoms with E-state index in [-0.39, 0.29) is 0 Å². The van der Waals surface area contributed by atoms with E-state index in [0.29, 0.717) is 5.56 Å². The molecule has 0 radical (unpaired) electrons. The first-order chi connectivity index (χ1) is 23.8. The van der Waals surface area contributed by atoms with Gasteiger partial charge in [0.05, 0.1) is 11.6 Å². The van der Waals surface area contributed by atoms with Crippen LogP contribution in [-0.4, -0.2) is 0 Å². The molecular weight excluding hydrogens is 579 g/mol. The van der Waals surface area contributed by atoms with Gasteiger partial charge in [-0.1, -0.05) is 170 Å². The first-order valence-electron chi connectivity index (χ1n) is 16.3. The molecule has 0 aromatic heterocycles. The molecule has 0 fully saturated rings. The minimum atomic E-state index is 0.658. The largest absolute Gasteiger partial charge is 0.192 e. The van der Waals surface area contributed by atoms with E-state index in [4.69, 9.17) is 0 Å². The maximum Gasteiger partial charge on any atom is 0.0991 e. The normalized spacial score (nSPS) is 10.9. The Kier molecular flexibility index (Phi) is 7.67. The number of rotatable bonds is 6. The van der Waals surface area contributed by atoms with Crippen molar-refractivity contribution >= 4 is 32.7 Å². The van der Waals surface area contributed by atoms with Crippen LogP contribution in [-0.2, 0) is 0 Å². The van der Waals surface area contributed by atoms with Crippen molar-refractivity contribution < 1.29 is 0 Å². The molecule has 1 heteroatoms. The van der Waals surface area contributed by atoms with Crippen molar-refractivity contribution in [3.8, 4) is 28.3 Å². The van der Waals surface area contributed by atoms with Gasteiger partial charge in [-0.2, -0.15) is 5.26 Å². The second kappa shape index (κ2) is 12.7. The number of benzene rings is 8. The van der Waals surface area contributed by atoms with E-state index in [1.807, 2.05) is 18.2 Å². The molecule has 0 saturated heterocycles. The second-order valence-corrected chi connectivity index (χ2v) is 12.0. The zero-order chi connectivity index (χ0) is 32.3. The fourth-order valence-corrected chi connectivity index (χ4v) is 7.05. The van der Waals surface area contributed by atoms with Crippen molar-refractivity contribution in [2.75, 3.05) is 0 Å². The van der Waals surface area contributed by atoms with E-state index in [1.165, 1.54) is 54.9 Å². The molecular formula is C47H31N. The van der Waals surface area contributed by atoms with E-state index in [9.17, 15) is 5.26 Å². The Morgan fingerprint density at radius 2 is 0.688 bits per heavy atom. The summed E-state index contributed by atoms with van der Waals surface area (Å²) in [5, 5.41) is 14.4. The van der Waals surface area contributed by atoms with Crippen LogP contribution in [0.4, 0.5) is 0 Å². The van der Waals surface area contributed by atoms with Gasteiger partial charge in [0.15, 0.2) is 0 Å². The quantitative estimate of drug-likeness (QED) is 0.136. The molecule has 0 bridgehead atoms. The van der Waals surface area contributed by atoms with Gasteiger partial charge < -0.3 is 0 Å². The van der Waals surface area contributed by atoms with Crippen LogP contribution in [0, 0.1) is 11.3 Å². The minimum absolute atomic E-state index is 0.658. The lowest BCUT2D eigenvalue weighted by Gasteiger charge is -2.20. The molecule has 224 valence electrons. The Bertz CT molecular complexity index is 2390. The number of nitriles is 1. The monoisotopic (exact) mass is 609 g/mol. The maximum atomic E-state index is 9.71. The van der Waals surface area contributed by atoms with E-state index in [0.717, 1.165) is 22.3 Å². The minimum Gasteiger partial charge on any atom is -0.192 e. The molecule has 8 aromatic carbocycles. The highest BCUT2D eigenvalue weighted by molar-refractivity contribution is 6.21. The van der Waals surface area contributed by atoms with Gasteiger partial charge in [-0.25, -0.2) is 0 Å². The summed E-state index contributed by atoms with van der Waals surface area (Å²) < 4.78 is 0. The summed E-state index contributed by atoms with van der Waals surface area (Å²) in [4.78, 5) is 0. The van der Waals surface area contributed by atoms with Crippen LogP contribution in [0.1, 0.15) is 27.8 Å². The summed E-state index contributed by atoms with van der Waals surface area (Å²) in [7, 11) is 0. The third-order valence-electron chi connectivity index (χ3n) is 9.09. The molecule has 0 N–H and O–H groups in total. The van der Waals surface area contributed by atoms with Gasteiger partial charge in [-0.05, 0) is 95.4 Å². The standard InChI is InChI=1S/C47H31N/c48-32-33-16-14-23-37(30-33)46-40-26-10-12-28-42(40)47(43-29-13-11-27-41(43)46)39-25-15-24-38(31-39)45(36-21-8-3-9-22-36)44(34-17-4-1-5-18-34)35-19-6-2-7-20-35/h1-31H. The van der Waals surface area contributed by atoms with Gasteiger partial charge in [0.2, 0.25) is 0 Å². The Morgan fingerprint density at radius 1 is 0.333 bits per heavy atom. The van der Waals surface area contributed by atoms with Gasteiger partial charge in [0.1, 0.15) is 0 Å². The number of hydrogen-bond acceptors (Lipinski definition) is 1. The molecule has 0 aliphatic rings. The molecule has 48 heavy (non-hydrogen) atoms. The highest BCUT2D eigenvalue weighted by atomic mass is 14.2. The van der Waals surface area contributed by atoms with E-state index < -0.39 is 0 Å². The van der Waals surface area contributed by atoms with E-state index in [1.54, 1.807) is 0 Å². The van der Waals surface area contributed by atoms with Gasteiger partial charge in [0.25, 0.3) is 0 Å². The number of fused-ring (bicyclic) bond motifs is 2. The van der Waals surface area contributed by atoms with Crippen LogP contribution in [0.15, 0.2) is 188 Å². The van der Waals surface area contributed by atoms with Crippen molar-refractivity contribution in [3.05, 3.63) is 216 Å². The number of hydrogen-bond donors (Lipinski definition) is 0. The topological polar surface area (TPSA) is 23.8 Å². The van der Waals surface area contributed by atoms with Crippen LogP contribution in [0.3, 0.4) is 0 Å². The first-order valence-corrected chi connectivity index (χ1v) is 16.3. The SMILES string of the molecule is N#Cc1cccc(-c2c3ccccc3c(-c3cccc(C(=C(c4ccccc4)c4ccccc4)c4ccccc4)c3)c3ccccc23)c1. The fourth-order valence-electron chi connectivity index (χ4n) is 7.05. The molecule has 0 saturated carbocycles. The molecule has 1 nitrogen and oxygen atoms in total. The third-order valence-corrected chi connectivity index (χ3v) is 9.09. The third kappa shape index (κ3) is 5.26. The highest BCUT2D eigenvalue weighted by Gasteiger charge is 2.20. The first kappa shape index (κ1) is 28.9. The van der Waals surface area contributed by atoms with Crippen molar-refractivity contribution in [2.45, 2.75) is 0 Å². The number of nitrogens with zero attached hydrogens (tertiary/aromatic N) is 1. The highest BCUT2D eigenvalue weighted by Crippen LogP contribution is 2.45. The molecule has 0 aliphatic carbocycles. The molecule has 0 aliphatic heterocycles. The van der Waals surface area contributed by atoms with Crippen molar-refractivity contribution in [1.82, 2.24) is 0 Å². The predicted molar refractivity (Wildman–Crippen MR) is 201 cm³/mol. The summed E-state index contributed by atoms with van der Waals surface area (Å²) in [6, 6.07) is 68.8. The molecule has 0 heterocycles. The summed E-state index contributed by atoms with van der Waals surface area (Å²) >= 11 is 0. The average Bonchev–Trinajstić information content (AvgIpc) is 3.17. The van der Waals surface area contributed by atoms with E-state index in [2.05, 4.69) is 176 Å². The zero-order valence-electron chi connectivity index (χ0n) is 26.3. The van der Waals surface area contributed by atoms with Gasteiger partial charge in [-0.15, -0.1) is 0 Å². The maximum absolute atomic E-state index is 9.71. The fraction of sp³-hybridized carbons (Fsp3) is 0. The molecule has 0 amide bonds. The smallest absolute Gasteiger partial charge is 0.0991 e. The molecule has 0 unspecified atom stereocenters. The summed E-state index contributed by atoms with van der Waals surface area (Å²) in [6.45, 7) is 0. The second-order valence-electron chi connectivity index (χ2n) is 12.0. The van der Waals surface area contributed by atoms with Crippen LogP contribution in [0.2, 0.25) is 0 Å². The Hall–Kier alpha value is -6.49. The van der Waals surface area contributed by atoms with Crippen molar-refractivity contribution in [2.24, 2.45) is 0 Å². The molecule has 0 atom stereocenters. The lowest BCUT2D eigenvalue weighted by molar-refractivity contribution is 1.48. The van der Waals surface area contributed by atoms with Crippen LogP contribution in [0.5, 0.6) is 0 Å².